The van der Waals surface area contributed by atoms with Crippen molar-refractivity contribution in [3.8, 4) is 17.2 Å². The lowest BCUT2D eigenvalue weighted by Crippen LogP contribution is -2.31. The van der Waals surface area contributed by atoms with Crippen LogP contribution in [0.5, 0.6) is 17.2 Å². The van der Waals surface area contributed by atoms with Gasteiger partial charge in [-0.2, -0.15) is 0 Å². The van der Waals surface area contributed by atoms with E-state index in [1.54, 1.807) is 7.11 Å². The molecule has 0 fully saturated rings. The van der Waals surface area contributed by atoms with E-state index in [1.165, 1.54) is 0 Å². The molecule has 0 bridgehead atoms. The maximum atomic E-state index is 5.67. The van der Waals surface area contributed by atoms with Gasteiger partial charge in [0.2, 0.25) is 0 Å². The molecule has 0 saturated heterocycles. The van der Waals surface area contributed by atoms with Crippen LogP contribution in [0.2, 0.25) is 0 Å². The highest BCUT2D eigenvalue weighted by atomic mass is 127. The number of rotatable bonds is 9. The number of para-hydroxylation sites is 1. The van der Waals surface area contributed by atoms with Crippen LogP contribution in [-0.2, 0) is 0 Å². The monoisotopic (exact) mass is 485 g/mol. The largest absolute Gasteiger partial charge is 0.493 e. The topological polar surface area (TPSA) is 64.1 Å². The second-order valence-electron chi connectivity index (χ2n) is 5.35. The van der Waals surface area contributed by atoms with Gasteiger partial charge in [-0.3, -0.25) is 0 Å². The van der Waals surface area contributed by atoms with Crippen LogP contribution in [0.4, 0.5) is 5.69 Å². The van der Waals surface area contributed by atoms with E-state index in [0.717, 1.165) is 18.0 Å². The third kappa shape index (κ3) is 7.94. The van der Waals surface area contributed by atoms with Crippen molar-refractivity contribution in [2.24, 2.45) is 4.99 Å². The smallest absolute Gasteiger partial charge is 0.195 e. The Bertz CT molecular complexity index is 696. The summed E-state index contributed by atoms with van der Waals surface area (Å²) in [4.78, 5) is 4.54. The number of anilines is 1. The molecule has 2 rings (SSSR count). The lowest BCUT2D eigenvalue weighted by Gasteiger charge is -2.14. The standard InChI is InChI=1S/C20H27N3O3.HI/c1-4-21-20(22-13-14-26-17-9-7-6-8-10-17)23-16-11-12-18(24-3)19(15-16)25-5-2;/h6-12,15H,4-5,13-14H2,1-3H3,(H2,21,22,23);1H. The summed E-state index contributed by atoms with van der Waals surface area (Å²) in [5.74, 6) is 2.94. The van der Waals surface area contributed by atoms with Gasteiger partial charge in [-0.25, -0.2) is 4.99 Å². The minimum Gasteiger partial charge on any atom is -0.493 e. The fraction of sp³-hybridized carbons (Fsp3) is 0.350. The molecular weight excluding hydrogens is 457 g/mol. The van der Waals surface area contributed by atoms with Crippen LogP contribution in [-0.4, -0.2) is 39.4 Å². The SMILES string of the molecule is CCNC(=NCCOc1ccccc1)Nc1ccc(OC)c(OCC)c1.I. The molecule has 0 aliphatic carbocycles. The normalized spacial score (nSPS) is 10.6. The molecule has 148 valence electrons. The molecule has 0 atom stereocenters. The molecular formula is C20H28IN3O3. The van der Waals surface area contributed by atoms with E-state index >= 15 is 0 Å². The van der Waals surface area contributed by atoms with E-state index in [0.29, 0.717) is 37.2 Å². The van der Waals surface area contributed by atoms with E-state index in [4.69, 9.17) is 14.2 Å². The Morgan fingerprint density at radius 1 is 1.00 bits per heavy atom. The van der Waals surface area contributed by atoms with Crippen molar-refractivity contribution in [3.05, 3.63) is 48.5 Å². The summed E-state index contributed by atoms with van der Waals surface area (Å²) in [6.45, 7) is 6.35. The van der Waals surface area contributed by atoms with E-state index in [2.05, 4.69) is 15.6 Å². The summed E-state index contributed by atoms with van der Waals surface area (Å²) in [5.41, 5.74) is 0.873. The number of halogens is 1. The predicted molar refractivity (Wildman–Crippen MR) is 121 cm³/mol. The van der Waals surface area contributed by atoms with Gasteiger partial charge < -0.3 is 24.8 Å². The Hall–Kier alpha value is -2.16. The summed E-state index contributed by atoms with van der Waals surface area (Å²) >= 11 is 0. The highest BCUT2D eigenvalue weighted by Crippen LogP contribution is 2.30. The van der Waals surface area contributed by atoms with Gasteiger partial charge in [0.25, 0.3) is 0 Å². The summed E-state index contributed by atoms with van der Waals surface area (Å²) in [6.07, 6.45) is 0. The zero-order chi connectivity index (χ0) is 18.6. The van der Waals surface area contributed by atoms with Gasteiger partial charge in [0.05, 0.1) is 20.3 Å². The zero-order valence-electron chi connectivity index (χ0n) is 16.0. The zero-order valence-corrected chi connectivity index (χ0v) is 18.4. The van der Waals surface area contributed by atoms with Crippen molar-refractivity contribution >= 4 is 35.6 Å². The predicted octanol–water partition coefficient (Wildman–Crippen LogP) is 4.17. The van der Waals surface area contributed by atoms with Crippen molar-refractivity contribution in [2.45, 2.75) is 13.8 Å². The van der Waals surface area contributed by atoms with Crippen molar-refractivity contribution < 1.29 is 14.2 Å². The maximum Gasteiger partial charge on any atom is 0.195 e. The highest BCUT2D eigenvalue weighted by Gasteiger charge is 2.07. The Kier molecular flexibility index (Phi) is 11.1. The van der Waals surface area contributed by atoms with E-state index in [1.807, 2.05) is 62.4 Å². The lowest BCUT2D eigenvalue weighted by molar-refractivity contribution is 0.311. The molecule has 2 aromatic rings. The number of benzene rings is 2. The third-order valence-corrected chi connectivity index (χ3v) is 3.44. The molecule has 0 spiro atoms. The molecule has 2 N–H and O–H groups in total. The average molecular weight is 485 g/mol. The van der Waals surface area contributed by atoms with Gasteiger partial charge in [-0.05, 0) is 38.1 Å². The number of nitrogens with one attached hydrogen (secondary N) is 2. The molecule has 0 saturated carbocycles. The summed E-state index contributed by atoms with van der Waals surface area (Å²) in [7, 11) is 1.63. The quantitative estimate of drug-likeness (QED) is 0.242. The number of hydrogen-bond donors (Lipinski definition) is 2. The van der Waals surface area contributed by atoms with Crippen LogP contribution in [0.25, 0.3) is 0 Å². The number of methoxy groups -OCH3 is 1. The Morgan fingerprint density at radius 2 is 1.78 bits per heavy atom. The van der Waals surface area contributed by atoms with Crippen molar-refractivity contribution in [2.75, 3.05) is 38.7 Å². The van der Waals surface area contributed by atoms with Crippen molar-refractivity contribution in [1.82, 2.24) is 5.32 Å². The van der Waals surface area contributed by atoms with E-state index < -0.39 is 0 Å². The van der Waals surface area contributed by atoms with Gasteiger partial charge in [0.15, 0.2) is 17.5 Å². The molecule has 2 aromatic carbocycles. The van der Waals surface area contributed by atoms with Crippen LogP contribution in [0.1, 0.15) is 13.8 Å². The second-order valence-corrected chi connectivity index (χ2v) is 5.35. The van der Waals surface area contributed by atoms with Crippen LogP contribution in [0, 0.1) is 0 Å². The van der Waals surface area contributed by atoms with E-state index in [9.17, 15) is 0 Å². The summed E-state index contributed by atoms with van der Waals surface area (Å²) < 4.78 is 16.6. The molecule has 6 nitrogen and oxygen atoms in total. The molecule has 0 aromatic heterocycles. The molecule has 27 heavy (non-hydrogen) atoms. The Balaban J connectivity index is 0.00000364. The fourth-order valence-corrected chi connectivity index (χ4v) is 2.30. The molecule has 0 unspecified atom stereocenters. The van der Waals surface area contributed by atoms with Gasteiger partial charge >= 0.3 is 0 Å². The maximum absolute atomic E-state index is 5.67. The highest BCUT2D eigenvalue weighted by molar-refractivity contribution is 14.0. The minimum absolute atomic E-state index is 0. The molecule has 7 heteroatoms. The van der Waals surface area contributed by atoms with Crippen molar-refractivity contribution in [3.63, 3.8) is 0 Å². The van der Waals surface area contributed by atoms with E-state index in [-0.39, 0.29) is 24.0 Å². The number of nitrogens with zero attached hydrogens (tertiary/aromatic N) is 1. The number of aliphatic imine (C=N–C) groups is 1. The number of guanidine groups is 1. The van der Waals surface area contributed by atoms with Gasteiger partial charge in [0, 0.05) is 18.3 Å². The van der Waals surface area contributed by atoms with Crippen LogP contribution in [0.15, 0.2) is 53.5 Å². The fourth-order valence-electron chi connectivity index (χ4n) is 2.30. The summed E-state index contributed by atoms with van der Waals surface area (Å²) in [5, 5.41) is 6.50. The second kappa shape index (κ2) is 13.1. The minimum atomic E-state index is 0. The van der Waals surface area contributed by atoms with Crippen LogP contribution >= 0.6 is 24.0 Å². The van der Waals surface area contributed by atoms with Crippen molar-refractivity contribution in [1.29, 1.82) is 0 Å². The molecule has 0 radical (unpaired) electrons. The molecule has 0 amide bonds. The first kappa shape index (κ1) is 22.9. The molecule has 0 aliphatic heterocycles. The van der Waals surface area contributed by atoms with Gasteiger partial charge in [-0.1, -0.05) is 18.2 Å². The first-order chi connectivity index (χ1) is 12.8. The average Bonchev–Trinajstić information content (AvgIpc) is 2.67. The van der Waals surface area contributed by atoms with Gasteiger partial charge in [0.1, 0.15) is 12.4 Å². The van der Waals surface area contributed by atoms with Crippen LogP contribution in [0.3, 0.4) is 0 Å². The first-order valence-corrected chi connectivity index (χ1v) is 8.80. The number of hydrogen-bond acceptors (Lipinski definition) is 4. The summed E-state index contributed by atoms with van der Waals surface area (Å²) in [6, 6.07) is 15.4. The first-order valence-electron chi connectivity index (χ1n) is 8.80. The lowest BCUT2D eigenvalue weighted by atomic mass is 10.2. The molecule has 0 aliphatic rings. The third-order valence-electron chi connectivity index (χ3n) is 3.44. The Morgan fingerprint density at radius 3 is 2.44 bits per heavy atom. The Labute approximate surface area is 178 Å². The van der Waals surface area contributed by atoms with Gasteiger partial charge in [-0.15, -0.1) is 24.0 Å². The van der Waals surface area contributed by atoms with Crippen LogP contribution < -0.4 is 24.8 Å². The number of ether oxygens (including phenoxy) is 3. The molecule has 0 heterocycles.